The molecule has 3 rings (SSSR count). The predicted molar refractivity (Wildman–Crippen MR) is 101 cm³/mol. The maximum Gasteiger partial charge on any atom is 0.261 e. The zero-order valence-corrected chi connectivity index (χ0v) is 15.3. The highest BCUT2D eigenvalue weighted by Gasteiger charge is 2.16. The lowest BCUT2D eigenvalue weighted by atomic mass is 10.1. The summed E-state index contributed by atoms with van der Waals surface area (Å²) in [7, 11) is 1.65. The molecule has 0 aliphatic rings. The normalized spacial score (nSPS) is 11.8. The van der Waals surface area contributed by atoms with Crippen molar-refractivity contribution >= 4 is 17.2 Å². The van der Waals surface area contributed by atoms with Crippen molar-refractivity contribution < 1.29 is 9.53 Å². The highest BCUT2D eigenvalue weighted by Crippen LogP contribution is 2.32. The number of pyridine rings is 1. The van der Waals surface area contributed by atoms with E-state index in [4.69, 9.17) is 4.74 Å². The number of nitrogens with one attached hydrogen (secondary N) is 1. The molecular formula is C20H20N2O2S. The number of hydrogen-bond donors (Lipinski definition) is 1. The van der Waals surface area contributed by atoms with Gasteiger partial charge in [0.2, 0.25) is 0 Å². The third kappa shape index (κ3) is 3.88. The Hall–Kier alpha value is -2.66. The molecule has 0 aliphatic carbocycles. The molecule has 0 saturated carbocycles. The Labute approximate surface area is 151 Å². The van der Waals surface area contributed by atoms with E-state index >= 15 is 0 Å². The first-order valence-corrected chi connectivity index (χ1v) is 8.87. The number of benzene rings is 1. The first kappa shape index (κ1) is 17.2. The van der Waals surface area contributed by atoms with Crippen LogP contribution in [-0.2, 0) is 0 Å². The topological polar surface area (TPSA) is 51.2 Å². The van der Waals surface area contributed by atoms with Gasteiger partial charge in [-0.2, -0.15) is 0 Å². The zero-order valence-electron chi connectivity index (χ0n) is 14.4. The molecule has 0 saturated heterocycles. The van der Waals surface area contributed by atoms with Gasteiger partial charge in [0.25, 0.3) is 5.91 Å². The van der Waals surface area contributed by atoms with Crippen molar-refractivity contribution in [3.8, 4) is 16.9 Å². The summed E-state index contributed by atoms with van der Waals surface area (Å²) in [5, 5.41) is 3.01. The molecule has 4 nitrogen and oxygen atoms in total. The van der Waals surface area contributed by atoms with Gasteiger partial charge in [0.15, 0.2) is 0 Å². The van der Waals surface area contributed by atoms with Gasteiger partial charge in [-0.3, -0.25) is 9.78 Å². The molecule has 2 aromatic heterocycles. The van der Waals surface area contributed by atoms with Crippen LogP contribution in [-0.4, -0.2) is 18.0 Å². The molecule has 1 amide bonds. The minimum absolute atomic E-state index is 0.0778. The first-order valence-electron chi connectivity index (χ1n) is 8.05. The lowest BCUT2D eigenvalue weighted by molar-refractivity contribution is 0.0943. The first-order chi connectivity index (χ1) is 12.1. The molecule has 1 atom stereocenters. The van der Waals surface area contributed by atoms with Gasteiger partial charge in [0.05, 0.1) is 23.7 Å². The molecule has 2 heterocycles. The highest BCUT2D eigenvalue weighted by molar-refractivity contribution is 7.14. The third-order valence-corrected chi connectivity index (χ3v) is 5.07. The van der Waals surface area contributed by atoms with Crippen molar-refractivity contribution in [2.75, 3.05) is 7.11 Å². The molecule has 0 radical (unpaired) electrons. The van der Waals surface area contributed by atoms with Crippen LogP contribution >= 0.6 is 11.3 Å². The summed E-state index contributed by atoms with van der Waals surface area (Å²) in [5.41, 5.74) is 2.99. The van der Waals surface area contributed by atoms with E-state index in [2.05, 4.69) is 10.3 Å². The smallest absolute Gasteiger partial charge is 0.261 e. The van der Waals surface area contributed by atoms with Gasteiger partial charge in [-0.05, 0) is 55.3 Å². The monoisotopic (exact) mass is 352 g/mol. The van der Waals surface area contributed by atoms with Crippen molar-refractivity contribution in [1.82, 2.24) is 10.3 Å². The number of amides is 1. The van der Waals surface area contributed by atoms with E-state index in [1.54, 1.807) is 13.3 Å². The molecule has 5 heteroatoms. The van der Waals surface area contributed by atoms with Crippen molar-refractivity contribution in [2.24, 2.45) is 0 Å². The van der Waals surface area contributed by atoms with Crippen LogP contribution in [0.4, 0.5) is 0 Å². The zero-order chi connectivity index (χ0) is 17.8. The molecule has 3 aromatic rings. The lowest BCUT2D eigenvalue weighted by Crippen LogP contribution is -2.26. The Morgan fingerprint density at radius 2 is 1.96 bits per heavy atom. The molecule has 0 bridgehead atoms. The van der Waals surface area contributed by atoms with Crippen LogP contribution in [0.3, 0.4) is 0 Å². The third-order valence-electron chi connectivity index (χ3n) is 4.02. The standard InChI is InChI=1S/C20H20N2O2S/c1-13(18-6-4-5-11-21-18)22-20(23)19-12-17(14(2)25-19)15-7-9-16(24-3)10-8-15/h4-13H,1-3H3,(H,22,23). The van der Waals surface area contributed by atoms with Crippen LogP contribution in [0.15, 0.2) is 54.7 Å². The number of aryl methyl sites for hydroxylation is 1. The summed E-state index contributed by atoms with van der Waals surface area (Å²) >= 11 is 1.50. The SMILES string of the molecule is COc1ccc(-c2cc(C(=O)NC(C)c3ccccn3)sc2C)cc1. The van der Waals surface area contributed by atoms with Gasteiger partial charge < -0.3 is 10.1 Å². The maximum atomic E-state index is 12.6. The maximum absolute atomic E-state index is 12.6. The summed E-state index contributed by atoms with van der Waals surface area (Å²) in [4.78, 5) is 18.7. The second-order valence-electron chi connectivity index (χ2n) is 5.76. The Morgan fingerprint density at radius 1 is 1.20 bits per heavy atom. The highest BCUT2D eigenvalue weighted by atomic mass is 32.1. The van der Waals surface area contributed by atoms with Crippen LogP contribution in [0.2, 0.25) is 0 Å². The molecule has 1 N–H and O–H groups in total. The minimum Gasteiger partial charge on any atom is -0.497 e. The predicted octanol–water partition coefficient (Wildman–Crippen LogP) is 4.62. The fourth-order valence-corrected chi connectivity index (χ4v) is 3.57. The molecular weight excluding hydrogens is 332 g/mol. The van der Waals surface area contributed by atoms with Gasteiger partial charge >= 0.3 is 0 Å². The van der Waals surface area contributed by atoms with E-state index in [1.165, 1.54) is 11.3 Å². The number of carbonyl (C=O) groups is 1. The summed E-state index contributed by atoms with van der Waals surface area (Å²) < 4.78 is 5.20. The van der Waals surface area contributed by atoms with Gasteiger partial charge in [0.1, 0.15) is 5.75 Å². The van der Waals surface area contributed by atoms with Crippen molar-refractivity contribution in [2.45, 2.75) is 19.9 Å². The number of methoxy groups -OCH3 is 1. The minimum atomic E-state index is -0.138. The second kappa shape index (κ2) is 7.49. The van der Waals surface area contributed by atoms with Gasteiger partial charge in [0, 0.05) is 11.1 Å². The molecule has 1 aromatic carbocycles. The van der Waals surface area contributed by atoms with Crippen molar-refractivity contribution in [1.29, 1.82) is 0 Å². The molecule has 1 unspecified atom stereocenters. The van der Waals surface area contributed by atoms with E-state index in [1.807, 2.05) is 62.4 Å². The molecule has 25 heavy (non-hydrogen) atoms. The van der Waals surface area contributed by atoms with Gasteiger partial charge in [-0.1, -0.05) is 18.2 Å². The summed E-state index contributed by atoms with van der Waals surface area (Å²) in [6.07, 6.45) is 1.73. The molecule has 0 spiro atoms. The summed E-state index contributed by atoms with van der Waals surface area (Å²) in [5.74, 6) is 0.741. The van der Waals surface area contributed by atoms with Crippen LogP contribution in [0, 0.1) is 6.92 Å². The lowest BCUT2D eigenvalue weighted by Gasteiger charge is -2.12. The Kier molecular flexibility index (Phi) is 5.14. The van der Waals surface area contributed by atoms with E-state index in [0.717, 1.165) is 27.4 Å². The van der Waals surface area contributed by atoms with Gasteiger partial charge in [-0.15, -0.1) is 11.3 Å². The number of carbonyl (C=O) groups excluding carboxylic acids is 1. The van der Waals surface area contributed by atoms with Crippen LogP contribution in [0.25, 0.3) is 11.1 Å². The number of nitrogens with zero attached hydrogens (tertiary/aromatic N) is 1. The molecule has 0 aliphatic heterocycles. The van der Waals surface area contributed by atoms with Crippen LogP contribution in [0.1, 0.15) is 33.2 Å². The van der Waals surface area contributed by atoms with E-state index in [9.17, 15) is 4.79 Å². The van der Waals surface area contributed by atoms with Crippen LogP contribution < -0.4 is 10.1 Å². The van der Waals surface area contributed by atoms with Gasteiger partial charge in [-0.25, -0.2) is 0 Å². The fraction of sp³-hybridized carbons (Fsp3) is 0.200. The quantitative estimate of drug-likeness (QED) is 0.729. The average molecular weight is 352 g/mol. The number of rotatable bonds is 5. The van der Waals surface area contributed by atoms with Crippen molar-refractivity contribution in [3.63, 3.8) is 0 Å². The van der Waals surface area contributed by atoms with E-state index in [-0.39, 0.29) is 11.9 Å². The summed E-state index contributed by atoms with van der Waals surface area (Å²) in [6.45, 7) is 3.97. The Bertz CT molecular complexity index is 857. The van der Waals surface area contributed by atoms with E-state index < -0.39 is 0 Å². The Balaban J connectivity index is 1.78. The fourth-order valence-electron chi connectivity index (χ4n) is 2.62. The molecule has 128 valence electrons. The largest absolute Gasteiger partial charge is 0.497 e. The molecule has 0 fully saturated rings. The number of thiophene rings is 1. The summed E-state index contributed by atoms with van der Waals surface area (Å²) in [6, 6.07) is 15.4. The number of hydrogen-bond acceptors (Lipinski definition) is 4. The Morgan fingerprint density at radius 3 is 2.60 bits per heavy atom. The number of ether oxygens (including phenoxy) is 1. The number of aromatic nitrogens is 1. The van der Waals surface area contributed by atoms with Crippen LogP contribution in [0.5, 0.6) is 5.75 Å². The van der Waals surface area contributed by atoms with Crippen molar-refractivity contribution in [3.05, 3.63) is 70.2 Å². The average Bonchev–Trinajstić information content (AvgIpc) is 3.04. The van der Waals surface area contributed by atoms with E-state index in [0.29, 0.717) is 4.88 Å². The second-order valence-corrected chi connectivity index (χ2v) is 7.02.